The van der Waals surface area contributed by atoms with Gasteiger partial charge in [-0.1, -0.05) is 48.5 Å². The summed E-state index contributed by atoms with van der Waals surface area (Å²) in [7, 11) is 0. The van der Waals surface area contributed by atoms with Crippen molar-refractivity contribution in [3.8, 4) is 28.6 Å². The van der Waals surface area contributed by atoms with Crippen LogP contribution in [0.1, 0.15) is 12.8 Å². The van der Waals surface area contributed by atoms with Crippen LogP contribution in [0.2, 0.25) is 0 Å². The highest BCUT2D eigenvalue weighted by atomic mass is 16.5. The van der Waals surface area contributed by atoms with Crippen LogP contribution in [-0.2, 0) is 0 Å². The summed E-state index contributed by atoms with van der Waals surface area (Å²) < 4.78 is 8.29. The van der Waals surface area contributed by atoms with Crippen LogP contribution in [0.5, 0.6) is 11.6 Å². The molecule has 0 N–H and O–H groups in total. The second-order valence-electron chi connectivity index (χ2n) is 9.45. The van der Waals surface area contributed by atoms with Crippen LogP contribution in [0.25, 0.3) is 38.8 Å². The summed E-state index contributed by atoms with van der Waals surface area (Å²) in [5, 5.41) is 2.44. The highest BCUT2D eigenvalue weighted by Gasteiger charge is 2.17. The molecule has 0 atom stereocenters. The molecule has 1 saturated heterocycles. The molecular weight excluding hydrogens is 456 g/mol. The van der Waals surface area contributed by atoms with E-state index < -0.39 is 0 Å². The Hall–Kier alpha value is -4.64. The normalized spacial score (nSPS) is 13.5. The fourth-order valence-corrected chi connectivity index (χ4v) is 5.37. The SMILES string of the molecule is c1ccc(Oc2cccc(-c3ccc4c5ccccc5n(-c5cc(N6CCCC6)ccn5)c4c3)c2)nc1. The van der Waals surface area contributed by atoms with Gasteiger partial charge in [0.2, 0.25) is 5.88 Å². The quantitative estimate of drug-likeness (QED) is 0.253. The van der Waals surface area contributed by atoms with Gasteiger partial charge in [-0.25, -0.2) is 9.97 Å². The number of para-hydroxylation sites is 1. The van der Waals surface area contributed by atoms with Gasteiger partial charge in [-0.3, -0.25) is 4.57 Å². The van der Waals surface area contributed by atoms with Gasteiger partial charge in [-0.15, -0.1) is 0 Å². The zero-order valence-corrected chi connectivity index (χ0v) is 20.4. The summed E-state index contributed by atoms with van der Waals surface area (Å²) in [5.41, 5.74) is 5.75. The molecule has 0 spiro atoms. The minimum absolute atomic E-state index is 0.583. The topological polar surface area (TPSA) is 43.2 Å². The predicted octanol–water partition coefficient (Wildman–Crippen LogP) is 7.63. The third kappa shape index (κ3) is 3.99. The van der Waals surface area contributed by atoms with E-state index in [2.05, 4.69) is 81.2 Å². The molecule has 1 aliphatic rings. The van der Waals surface area contributed by atoms with Crippen molar-refractivity contribution in [2.75, 3.05) is 18.0 Å². The summed E-state index contributed by atoms with van der Waals surface area (Å²) in [6.07, 6.45) is 6.17. The van der Waals surface area contributed by atoms with Crippen molar-refractivity contribution in [1.82, 2.24) is 14.5 Å². The molecule has 1 fully saturated rings. The van der Waals surface area contributed by atoms with Gasteiger partial charge in [0.25, 0.3) is 0 Å². The van der Waals surface area contributed by atoms with E-state index in [1.54, 1.807) is 6.20 Å². The molecule has 7 rings (SSSR count). The molecule has 4 heterocycles. The zero-order chi connectivity index (χ0) is 24.6. The minimum Gasteiger partial charge on any atom is -0.439 e. The molecule has 1 aliphatic heterocycles. The first kappa shape index (κ1) is 21.6. The predicted molar refractivity (Wildman–Crippen MR) is 150 cm³/mol. The van der Waals surface area contributed by atoms with Crippen LogP contribution < -0.4 is 9.64 Å². The standard InChI is InChI=1S/C32H26N4O/c1-2-11-29-27(10-1)28-14-13-24(23-8-7-9-26(20-23)37-32-12-3-4-16-34-32)21-30(28)36(29)31-22-25(15-17-33-31)35-18-5-6-19-35/h1-4,7-17,20-22H,5-6,18-19H2. The number of pyridine rings is 2. The molecule has 6 aromatic rings. The highest BCUT2D eigenvalue weighted by Crippen LogP contribution is 2.36. The Bertz CT molecular complexity index is 1720. The van der Waals surface area contributed by atoms with E-state index in [9.17, 15) is 0 Å². The van der Waals surface area contributed by atoms with Gasteiger partial charge >= 0.3 is 0 Å². The fourth-order valence-electron chi connectivity index (χ4n) is 5.37. The molecule has 0 aliphatic carbocycles. The Labute approximate surface area is 215 Å². The molecule has 180 valence electrons. The lowest BCUT2D eigenvalue weighted by Crippen LogP contribution is -2.17. The number of hydrogen-bond acceptors (Lipinski definition) is 4. The summed E-state index contributed by atoms with van der Waals surface area (Å²) in [4.78, 5) is 11.6. The fraction of sp³-hybridized carbons (Fsp3) is 0.125. The first-order valence-corrected chi connectivity index (χ1v) is 12.8. The molecule has 5 heteroatoms. The average molecular weight is 483 g/mol. The smallest absolute Gasteiger partial charge is 0.219 e. The number of rotatable bonds is 5. The van der Waals surface area contributed by atoms with Crippen molar-refractivity contribution >= 4 is 27.5 Å². The van der Waals surface area contributed by atoms with Crippen LogP contribution in [-0.4, -0.2) is 27.6 Å². The summed E-state index contributed by atoms with van der Waals surface area (Å²) >= 11 is 0. The summed E-state index contributed by atoms with van der Waals surface area (Å²) in [6, 6.07) is 33.4. The van der Waals surface area contributed by atoms with E-state index in [0.717, 1.165) is 46.8 Å². The Kier molecular flexibility index (Phi) is 5.32. The van der Waals surface area contributed by atoms with E-state index in [1.165, 1.54) is 29.3 Å². The van der Waals surface area contributed by atoms with Crippen molar-refractivity contribution in [3.63, 3.8) is 0 Å². The summed E-state index contributed by atoms with van der Waals surface area (Å²) in [5.74, 6) is 2.29. The van der Waals surface area contributed by atoms with Crippen molar-refractivity contribution in [2.45, 2.75) is 12.8 Å². The Morgan fingerprint density at radius 3 is 2.35 bits per heavy atom. The second kappa shape index (κ2) is 9.10. The second-order valence-corrected chi connectivity index (χ2v) is 9.45. The van der Waals surface area contributed by atoms with E-state index in [-0.39, 0.29) is 0 Å². The maximum Gasteiger partial charge on any atom is 0.219 e. The molecule has 3 aromatic carbocycles. The monoisotopic (exact) mass is 482 g/mol. The molecule has 0 saturated carbocycles. The van der Waals surface area contributed by atoms with Crippen LogP contribution in [0.15, 0.2) is 109 Å². The third-order valence-corrected chi connectivity index (χ3v) is 7.13. The van der Waals surface area contributed by atoms with Crippen molar-refractivity contribution in [2.24, 2.45) is 0 Å². The minimum atomic E-state index is 0.583. The van der Waals surface area contributed by atoms with E-state index in [4.69, 9.17) is 9.72 Å². The number of hydrogen-bond donors (Lipinski definition) is 0. The van der Waals surface area contributed by atoms with E-state index in [1.807, 2.05) is 36.5 Å². The lowest BCUT2D eigenvalue weighted by molar-refractivity contribution is 0.463. The van der Waals surface area contributed by atoms with E-state index >= 15 is 0 Å². The van der Waals surface area contributed by atoms with Crippen molar-refractivity contribution in [1.29, 1.82) is 0 Å². The van der Waals surface area contributed by atoms with Gasteiger partial charge in [0.05, 0.1) is 11.0 Å². The zero-order valence-electron chi connectivity index (χ0n) is 20.4. The van der Waals surface area contributed by atoms with Crippen LogP contribution in [0, 0.1) is 0 Å². The Morgan fingerprint density at radius 2 is 1.46 bits per heavy atom. The number of anilines is 1. The van der Waals surface area contributed by atoms with E-state index in [0.29, 0.717) is 5.88 Å². The van der Waals surface area contributed by atoms with Gasteiger partial charge in [0, 0.05) is 54.1 Å². The Balaban J connectivity index is 1.36. The van der Waals surface area contributed by atoms with Gasteiger partial charge in [-0.05, 0) is 60.4 Å². The van der Waals surface area contributed by atoms with Gasteiger partial charge in [0.15, 0.2) is 0 Å². The first-order chi connectivity index (χ1) is 18.3. The van der Waals surface area contributed by atoms with Crippen LogP contribution >= 0.6 is 0 Å². The van der Waals surface area contributed by atoms with Gasteiger partial charge in [0.1, 0.15) is 11.6 Å². The molecule has 3 aromatic heterocycles. The lowest BCUT2D eigenvalue weighted by Gasteiger charge is -2.18. The molecule has 37 heavy (non-hydrogen) atoms. The number of fused-ring (bicyclic) bond motifs is 3. The maximum absolute atomic E-state index is 6.00. The van der Waals surface area contributed by atoms with Gasteiger partial charge in [-0.2, -0.15) is 0 Å². The molecule has 0 radical (unpaired) electrons. The number of nitrogens with zero attached hydrogens (tertiary/aromatic N) is 4. The van der Waals surface area contributed by atoms with Crippen molar-refractivity contribution in [3.05, 3.63) is 109 Å². The first-order valence-electron chi connectivity index (χ1n) is 12.8. The Morgan fingerprint density at radius 1 is 0.622 bits per heavy atom. The highest BCUT2D eigenvalue weighted by molar-refractivity contribution is 6.10. The number of aromatic nitrogens is 3. The van der Waals surface area contributed by atoms with Crippen LogP contribution in [0.3, 0.4) is 0 Å². The number of ether oxygens (including phenoxy) is 1. The summed E-state index contributed by atoms with van der Waals surface area (Å²) in [6.45, 7) is 2.22. The third-order valence-electron chi connectivity index (χ3n) is 7.13. The lowest BCUT2D eigenvalue weighted by atomic mass is 10.0. The molecule has 5 nitrogen and oxygen atoms in total. The van der Waals surface area contributed by atoms with Crippen LogP contribution in [0.4, 0.5) is 5.69 Å². The molecule has 0 unspecified atom stereocenters. The average Bonchev–Trinajstić information content (AvgIpc) is 3.60. The number of benzene rings is 3. The largest absolute Gasteiger partial charge is 0.439 e. The molecule has 0 bridgehead atoms. The maximum atomic E-state index is 6.00. The van der Waals surface area contributed by atoms with Crippen molar-refractivity contribution < 1.29 is 4.74 Å². The molecular formula is C32H26N4O. The molecule has 0 amide bonds. The van der Waals surface area contributed by atoms with Gasteiger partial charge < -0.3 is 9.64 Å².